The number of fused-ring (bicyclic) bond motifs is 1. The van der Waals surface area contributed by atoms with Gasteiger partial charge in [0.05, 0.1) is 4.90 Å². The molecular formula is C15H21BrN2O2S. The zero-order valence-electron chi connectivity index (χ0n) is 12.0. The largest absolute Gasteiger partial charge is 0.300 e. The molecule has 0 radical (unpaired) electrons. The van der Waals surface area contributed by atoms with Gasteiger partial charge in [0, 0.05) is 17.4 Å². The Morgan fingerprint density at radius 2 is 1.95 bits per heavy atom. The van der Waals surface area contributed by atoms with Gasteiger partial charge < -0.3 is 4.90 Å². The van der Waals surface area contributed by atoms with Gasteiger partial charge in [-0.15, -0.1) is 0 Å². The van der Waals surface area contributed by atoms with Crippen LogP contribution in [0.3, 0.4) is 0 Å². The fourth-order valence-corrected chi connectivity index (χ4v) is 5.03. The number of nitrogens with one attached hydrogen (secondary N) is 1. The normalized spacial score (nSPS) is 26.7. The molecule has 3 rings (SSSR count). The molecule has 2 aliphatic rings. The SMILES string of the molecule is O=S(=O)(NC1CCN2CCCC2C1)c1ccc(CBr)cc1. The van der Waals surface area contributed by atoms with Crippen LogP contribution in [0.4, 0.5) is 0 Å². The summed E-state index contributed by atoms with van der Waals surface area (Å²) in [5.74, 6) is 0. The van der Waals surface area contributed by atoms with Crippen LogP contribution in [0.25, 0.3) is 0 Å². The molecule has 0 saturated carbocycles. The van der Waals surface area contributed by atoms with Gasteiger partial charge in [0.1, 0.15) is 0 Å². The van der Waals surface area contributed by atoms with Crippen molar-refractivity contribution in [3.8, 4) is 0 Å². The summed E-state index contributed by atoms with van der Waals surface area (Å²) in [6.45, 7) is 2.19. The molecule has 2 atom stereocenters. The van der Waals surface area contributed by atoms with Gasteiger partial charge in [-0.3, -0.25) is 0 Å². The second kappa shape index (κ2) is 6.36. The molecule has 2 saturated heterocycles. The summed E-state index contributed by atoms with van der Waals surface area (Å²) in [6.07, 6.45) is 4.31. The van der Waals surface area contributed by atoms with E-state index in [9.17, 15) is 8.42 Å². The minimum atomic E-state index is -3.40. The molecular weight excluding hydrogens is 352 g/mol. The lowest BCUT2D eigenvalue weighted by molar-refractivity contribution is 0.176. The number of sulfonamides is 1. The zero-order chi connectivity index (χ0) is 14.9. The highest BCUT2D eigenvalue weighted by molar-refractivity contribution is 9.08. The molecule has 0 amide bonds. The molecule has 0 aliphatic carbocycles. The quantitative estimate of drug-likeness (QED) is 0.825. The maximum atomic E-state index is 12.5. The van der Waals surface area contributed by atoms with Gasteiger partial charge in [0.25, 0.3) is 0 Å². The molecule has 21 heavy (non-hydrogen) atoms. The van der Waals surface area contributed by atoms with E-state index in [0.717, 1.165) is 30.3 Å². The summed E-state index contributed by atoms with van der Waals surface area (Å²) in [5, 5.41) is 0.737. The molecule has 1 aromatic carbocycles. The summed E-state index contributed by atoms with van der Waals surface area (Å²) >= 11 is 3.37. The number of nitrogens with zero attached hydrogens (tertiary/aromatic N) is 1. The summed E-state index contributed by atoms with van der Waals surface area (Å²) in [6, 6.07) is 7.71. The first-order valence-electron chi connectivity index (χ1n) is 7.50. The third-order valence-electron chi connectivity index (χ3n) is 4.53. The third kappa shape index (κ3) is 3.50. The molecule has 4 nitrogen and oxygen atoms in total. The van der Waals surface area contributed by atoms with E-state index < -0.39 is 10.0 Å². The maximum absolute atomic E-state index is 12.5. The van der Waals surface area contributed by atoms with Crippen molar-refractivity contribution in [3.63, 3.8) is 0 Å². The van der Waals surface area contributed by atoms with Gasteiger partial charge in [0.15, 0.2) is 0 Å². The van der Waals surface area contributed by atoms with Crippen molar-refractivity contribution in [3.05, 3.63) is 29.8 Å². The first-order chi connectivity index (χ1) is 10.1. The summed E-state index contributed by atoms with van der Waals surface area (Å²) in [4.78, 5) is 2.86. The number of rotatable bonds is 4. The minimum absolute atomic E-state index is 0.0743. The van der Waals surface area contributed by atoms with Gasteiger partial charge in [0.2, 0.25) is 10.0 Å². The maximum Gasteiger partial charge on any atom is 0.240 e. The molecule has 2 aliphatic heterocycles. The predicted molar refractivity (Wildman–Crippen MR) is 87.0 cm³/mol. The summed E-state index contributed by atoms with van der Waals surface area (Å²) in [7, 11) is -3.40. The highest BCUT2D eigenvalue weighted by Gasteiger charge is 2.33. The number of alkyl halides is 1. The second-order valence-electron chi connectivity index (χ2n) is 5.95. The topological polar surface area (TPSA) is 49.4 Å². The van der Waals surface area contributed by atoms with Crippen LogP contribution in [0.1, 0.15) is 31.2 Å². The van der Waals surface area contributed by atoms with Crippen molar-refractivity contribution in [1.82, 2.24) is 9.62 Å². The Morgan fingerprint density at radius 3 is 2.67 bits per heavy atom. The fourth-order valence-electron chi connectivity index (χ4n) is 3.38. The molecule has 1 aromatic rings. The van der Waals surface area contributed by atoms with E-state index in [1.54, 1.807) is 12.1 Å². The average Bonchev–Trinajstić information content (AvgIpc) is 2.94. The van der Waals surface area contributed by atoms with Gasteiger partial charge in [-0.2, -0.15) is 0 Å². The van der Waals surface area contributed by atoms with E-state index in [0.29, 0.717) is 10.9 Å². The van der Waals surface area contributed by atoms with E-state index >= 15 is 0 Å². The first kappa shape index (κ1) is 15.5. The Bertz CT molecular complexity index is 588. The molecule has 0 aromatic heterocycles. The molecule has 2 heterocycles. The smallest absolute Gasteiger partial charge is 0.240 e. The Kier molecular flexibility index (Phi) is 4.69. The van der Waals surface area contributed by atoms with Gasteiger partial charge in [-0.05, 0) is 56.5 Å². The van der Waals surface area contributed by atoms with E-state index in [1.807, 2.05) is 12.1 Å². The summed E-state index contributed by atoms with van der Waals surface area (Å²) in [5.41, 5.74) is 1.08. The monoisotopic (exact) mass is 372 g/mol. The Balaban J connectivity index is 1.67. The molecule has 2 fully saturated rings. The molecule has 1 N–H and O–H groups in total. The minimum Gasteiger partial charge on any atom is -0.300 e. The highest BCUT2D eigenvalue weighted by atomic mass is 79.9. The lowest BCUT2D eigenvalue weighted by atomic mass is 9.99. The average molecular weight is 373 g/mol. The summed E-state index contributed by atoms with van der Waals surface area (Å²) < 4.78 is 27.8. The van der Waals surface area contributed by atoms with Crippen molar-refractivity contribution in [2.45, 2.75) is 48.0 Å². The lowest BCUT2D eigenvalue weighted by Crippen LogP contribution is -2.47. The van der Waals surface area contributed by atoms with Crippen LogP contribution < -0.4 is 4.72 Å². The van der Waals surface area contributed by atoms with Crippen molar-refractivity contribution in [1.29, 1.82) is 0 Å². The highest BCUT2D eigenvalue weighted by Crippen LogP contribution is 2.27. The Hall–Kier alpha value is -0.430. The van der Waals surface area contributed by atoms with Crippen LogP contribution in [0.2, 0.25) is 0 Å². The van der Waals surface area contributed by atoms with Crippen LogP contribution in [0.5, 0.6) is 0 Å². The molecule has 2 unspecified atom stereocenters. The lowest BCUT2D eigenvalue weighted by Gasteiger charge is -2.34. The van der Waals surface area contributed by atoms with Crippen molar-refractivity contribution in [2.75, 3.05) is 13.1 Å². The number of piperidine rings is 1. The predicted octanol–water partition coefficient (Wildman–Crippen LogP) is 2.49. The van der Waals surface area contributed by atoms with Crippen LogP contribution in [-0.2, 0) is 15.4 Å². The zero-order valence-corrected chi connectivity index (χ0v) is 14.4. The van der Waals surface area contributed by atoms with Crippen LogP contribution in [0.15, 0.2) is 29.2 Å². The molecule has 0 bridgehead atoms. The van der Waals surface area contributed by atoms with Crippen molar-refractivity contribution in [2.24, 2.45) is 0 Å². The number of hydrogen-bond donors (Lipinski definition) is 1. The van der Waals surface area contributed by atoms with Gasteiger partial charge in [-0.1, -0.05) is 28.1 Å². The van der Waals surface area contributed by atoms with E-state index in [4.69, 9.17) is 0 Å². The Labute approximate surface area is 135 Å². The van der Waals surface area contributed by atoms with Gasteiger partial charge in [-0.25, -0.2) is 13.1 Å². The number of hydrogen-bond acceptors (Lipinski definition) is 3. The number of halogens is 1. The van der Waals surface area contributed by atoms with Crippen molar-refractivity contribution < 1.29 is 8.42 Å². The standard InChI is InChI=1S/C15H21BrN2O2S/c16-11-12-3-5-15(6-4-12)21(19,20)17-13-7-9-18-8-1-2-14(18)10-13/h3-6,13-14,17H,1-2,7-11H2. The molecule has 6 heteroatoms. The molecule has 116 valence electrons. The third-order valence-corrected chi connectivity index (χ3v) is 6.71. The molecule has 0 spiro atoms. The van der Waals surface area contributed by atoms with Gasteiger partial charge >= 0.3 is 0 Å². The van der Waals surface area contributed by atoms with E-state index in [-0.39, 0.29) is 6.04 Å². The van der Waals surface area contributed by atoms with Crippen LogP contribution in [0, 0.1) is 0 Å². The first-order valence-corrected chi connectivity index (χ1v) is 10.1. The van der Waals surface area contributed by atoms with E-state index in [2.05, 4.69) is 25.6 Å². The second-order valence-corrected chi connectivity index (χ2v) is 8.23. The Morgan fingerprint density at radius 1 is 1.19 bits per heavy atom. The van der Waals surface area contributed by atoms with Crippen LogP contribution >= 0.6 is 15.9 Å². The van der Waals surface area contributed by atoms with E-state index in [1.165, 1.54) is 19.4 Å². The number of benzene rings is 1. The van der Waals surface area contributed by atoms with Crippen molar-refractivity contribution >= 4 is 26.0 Å². The van der Waals surface area contributed by atoms with Crippen LogP contribution in [-0.4, -0.2) is 38.5 Å². The fraction of sp³-hybridized carbons (Fsp3) is 0.600.